The SMILES string of the molecule is COc1cccc(NC(=O)c2[nH]c(C)c(C(=O)OC(C)C)c2C)c1. The van der Waals surface area contributed by atoms with Gasteiger partial charge in [-0.3, -0.25) is 4.79 Å². The normalized spacial score (nSPS) is 10.6. The predicted octanol–water partition coefficient (Wildman–Crippen LogP) is 3.46. The summed E-state index contributed by atoms with van der Waals surface area (Å²) in [6.45, 7) is 7.03. The summed E-state index contributed by atoms with van der Waals surface area (Å²) in [7, 11) is 1.56. The number of methoxy groups -OCH3 is 1. The second-order valence-corrected chi connectivity index (χ2v) is 5.77. The van der Waals surface area contributed by atoms with Gasteiger partial charge in [-0.15, -0.1) is 0 Å². The van der Waals surface area contributed by atoms with Crippen LogP contribution < -0.4 is 10.1 Å². The topological polar surface area (TPSA) is 80.4 Å². The van der Waals surface area contributed by atoms with Crippen molar-refractivity contribution >= 4 is 17.6 Å². The van der Waals surface area contributed by atoms with E-state index in [1.54, 1.807) is 59.1 Å². The highest BCUT2D eigenvalue weighted by molar-refractivity contribution is 6.06. The average molecular weight is 330 g/mol. The third kappa shape index (κ3) is 3.76. The molecule has 0 bridgehead atoms. The Bertz CT molecular complexity index is 762. The zero-order valence-corrected chi connectivity index (χ0v) is 14.5. The quantitative estimate of drug-likeness (QED) is 0.823. The van der Waals surface area contributed by atoms with Gasteiger partial charge in [0.2, 0.25) is 0 Å². The number of aromatic amines is 1. The van der Waals surface area contributed by atoms with Crippen LogP contribution in [-0.2, 0) is 4.74 Å². The molecule has 1 aromatic carbocycles. The van der Waals surface area contributed by atoms with E-state index in [0.717, 1.165) is 0 Å². The smallest absolute Gasteiger partial charge is 0.340 e. The molecular formula is C18H22N2O4. The summed E-state index contributed by atoms with van der Waals surface area (Å²) in [4.78, 5) is 27.7. The van der Waals surface area contributed by atoms with Gasteiger partial charge in [-0.2, -0.15) is 0 Å². The van der Waals surface area contributed by atoms with Crippen molar-refractivity contribution in [3.05, 3.63) is 46.8 Å². The van der Waals surface area contributed by atoms with Crippen LogP contribution in [0.15, 0.2) is 24.3 Å². The van der Waals surface area contributed by atoms with Crippen LogP contribution in [0.4, 0.5) is 5.69 Å². The lowest BCUT2D eigenvalue weighted by Crippen LogP contribution is -2.15. The summed E-state index contributed by atoms with van der Waals surface area (Å²) in [5.74, 6) is -0.113. The predicted molar refractivity (Wildman–Crippen MR) is 91.8 cm³/mol. The number of ether oxygens (including phenoxy) is 2. The average Bonchev–Trinajstić information content (AvgIpc) is 2.81. The van der Waals surface area contributed by atoms with Gasteiger partial charge in [0, 0.05) is 17.4 Å². The van der Waals surface area contributed by atoms with Crippen molar-refractivity contribution in [2.24, 2.45) is 0 Å². The van der Waals surface area contributed by atoms with Crippen molar-refractivity contribution < 1.29 is 19.1 Å². The summed E-state index contributed by atoms with van der Waals surface area (Å²) in [6.07, 6.45) is -0.222. The molecule has 2 rings (SSSR count). The number of aromatic nitrogens is 1. The number of carbonyl (C=O) groups is 2. The number of anilines is 1. The lowest BCUT2D eigenvalue weighted by molar-refractivity contribution is 0.0376. The van der Waals surface area contributed by atoms with E-state index in [1.807, 2.05) is 0 Å². The number of esters is 1. The van der Waals surface area contributed by atoms with Crippen molar-refractivity contribution in [1.82, 2.24) is 4.98 Å². The molecule has 0 aliphatic rings. The highest BCUT2D eigenvalue weighted by Crippen LogP contribution is 2.22. The Morgan fingerprint density at radius 2 is 1.92 bits per heavy atom. The van der Waals surface area contributed by atoms with Gasteiger partial charge in [0.1, 0.15) is 11.4 Å². The molecule has 0 saturated carbocycles. The van der Waals surface area contributed by atoms with E-state index in [0.29, 0.717) is 34.0 Å². The molecule has 1 aromatic heterocycles. The minimum absolute atomic E-state index is 0.222. The monoisotopic (exact) mass is 330 g/mol. The summed E-state index contributed by atoms with van der Waals surface area (Å²) in [5.41, 5.74) is 2.52. The van der Waals surface area contributed by atoms with E-state index in [9.17, 15) is 9.59 Å². The minimum Gasteiger partial charge on any atom is -0.497 e. The summed E-state index contributed by atoms with van der Waals surface area (Å²) < 4.78 is 10.4. The van der Waals surface area contributed by atoms with Crippen molar-refractivity contribution in [3.63, 3.8) is 0 Å². The fourth-order valence-electron chi connectivity index (χ4n) is 2.45. The number of aryl methyl sites for hydroxylation is 1. The zero-order chi connectivity index (χ0) is 17.9. The van der Waals surface area contributed by atoms with Crippen molar-refractivity contribution in [2.45, 2.75) is 33.8 Å². The standard InChI is InChI=1S/C18H22N2O4/c1-10(2)24-18(22)15-11(3)16(19-12(15)4)17(21)20-13-7-6-8-14(9-13)23-5/h6-10,19H,1-5H3,(H,20,21). The molecule has 128 valence electrons. The van der Waals surface area contributed by atoms with Crippen molar-refractivity contribution in [3.8, 4) is 5.75 Å². The highest BCUT2D eigenvalue weighted by Gasteiger charge is 2.23. The van der Waals surface area contributed by atoms with E-state index >= 15 is 0 Å². The summed E-state index contributed by atoms with van der Waals surface area (Å²) in [6, 6.07) is 7.06. The first-order valence-corrected chi connectivity index (χ1v) is 7.69. The second-order valence-electron chi connectivity index (χ2n) is 5.77. The Morgan fingerprint density at radius 3 is 2.54 bits per heavy atom. The van der Waals surface area contributed by atoms with Gasteiger partial charge in [0.05, 0.1) is 18.8 Å². The van der Waals surface area contributed by atoms with Crippen LogP contribution in [0.25, 0.3) is 0 Å². The maximum atomic E-state index is 12.5. The third-order valence-electron chi connectivity index (χ3n) is 3.54. The molecule has 2 aromatic rings. The molecule has 0 radical (unpaired) electrons. The van der Waals surface area contributed by atoms with Crippen LogP contribution in [0.2, 0.25) is 0 Å². The maximum Gasteiger partial charge on any atom is 0.340 e. The van der Waals surface area contributed by atoms with Crippen LogP contribution in [0.5, 0.6) is 5.75 Å². The molecule has 0 aliphatic heterocycles. The minimum atomic E-state index is -0.434. The molecule has 6 heteroatoms. The number of hydrogen-bond acceptors (Lipinski definition) is 4. The Kier molecular flexibility index (Phi) is 5.28. The van der Waals surface area contributed by atoms with Gasteiger partial charge >= 0.3 is 5.97 Å². The number of benzene rings is 1. The molecule has 1 amide bonds. The van der Waals surface area contributed by atoms with Crippen molar-refractivity contribution in [1.29, 1.82) is 0 Å². The van der Waals surface area contributed by atoms with Gasteiger partial charge < -0.3 is 19.8 Å². The maximum absolute atomic E-state index is 12.5. The molecule has 24 heavy (non-hydrogen) atoms. The molecular weight excluding hydrogens is 308 g/mol. The van der Waals surface area contributed by atoms with Crippen LogP contribution in [-0.4, -0.2) is 30.1 Å². The Morgan fingerprint density at radius 1 is 1.21 bits per heavy atom. The molecule has 0 atom stereocenters. The number of nitrogens with one attached hydrogen (secondary N) is 2. The Hall–Kier alpha value is -2.76. The van der Waals surface area contributed by atoms with Crippen LogP contribution in [0.1, 0.15) is 46.0 Å². The summed E-state index contributed by atoms with van der Waals surface area (Å²) >= 11 is 0. The van der Waals surface area contributed by atoms with E-state index < -0.39 is 5.97 Å². The van der Waals surface area contributed by atoms with Gasteiger partial charge in [0.25, 0.3) is 5.91 Å². The molecule has 6 nitrogen and oxygen atoms in total. The lowest BCUT2D eigenvalue weighted by atomic mass is 10.1. The number of carbonyl (C=O) groups excluding carboxylic acids is 2. The molecule has 0 fully saturated rings. The fourth-order valence-corrected chi connectivity index (χ4v) is 2.45. The van der Waals surface area contributed by atoms with Crippen LogP contribution in [0, 0.1) is 13.8 Å². The molecule has 1 heterocycles. The number of hydrogen-bond donors (Lipinski definition) is 2. The number of rotatable bonds is 5. The first-order chi connectivity index (χ1) is 11.3. The van der Waals surface area contributed by atoms with Gasteiger partial charge in [-0.05, 0) is 45.4 Å². The molecule has 0 aliphatic carbocycles. The zero-order valence-electron chi connectivity index (χ0n) is 14.5. The van der Waals surface area contributed by atoms with Crippen LogP contribution in [0.3, 0.4) is 0 Å². The molecule has 0 saturated heterocycles. The van der Waals surface area contributed by atoms with Gasteiger partial charge in [0.15, 0.2) is 0 Å². The van der Waals surface area contributed by atoms with E-state index in [2.05, 4.69) is 10.3 Å². The first kappa shape index (κ1) is 17.6. The fraction of sp³-hybridized carbons (Fsp3) is 0.333. The molecule has 0 spiro atoms. The Labute approximate surface area is 141 Å². The number of amides is 1. The van der Waals surface area contributed by atoms with E-state index in [-0.39, 0.29) is 12.0 Å². The second kappa shape index (κ2) is 7.21. The van der Waals surface area contributed by atoms with Crippen LogP contribution >= 0.6 is 0 Å². The highest BCUT2D eigenvalue weighted by atomic mass is 16.5. The molecule has 2 N–H and O–H groups in total. The Balaban J connectivity index is 2.25. The van der Waals surface area contributed by atoms with Gasteiger partial charge in [-0.1, -0.05) is 6.07 Å². The first-order valence-electron chi connectivity index (χ1n) is 7.69. The number of H-pyrrole nitrogens is 1. The summed E-state index contributed by atoms with van der Waals surface area (Å²) in [5, 5.41) is 2.79. The van der Waals surface area contributed by atoms with Gasteiger partial charge in [-0.25, -0.2) is 4.79 Å². The van der Waals surface area contributed by atoms with E-state index in [4.69, 9.17) is 9.47 Å². The largest absolute Gasteiger partial charge is 0.497 e. The molecule has 0 unspecified atom stereocenters. The third-order valence-corrected chi connectivity index (χ3v) is 3.54. The lowest BCUT2D eigenvalue weighted by Gasteiger charge is -2.09. The van der Waals surface area contributed by atoms with E-state index in [1.165, 1.54) is 0 Å². The van der Waals surface area contributed by atoms with Crippen molar-refractivity contribution in [2.75, 3.05) is 12.4 Å².